The van der Waals surface area contributed by atoms with Crippen LogP contribution in [0.3, 0.4) is 0 Å². The topological polar surface area (TPSA) is 26.3 Å². The van der Waals surface area contributed by atoms with Crippen molar-refractivity contribution in [1.82, 2.24) is 0 Å². The molecule has 0 aliphatic rings. The highest BCUT2D eigenvalue weighted by atomic mass is 19.1. The highest BCUT2D eigenvalue weighted by Gasteiger charge is 2.10. The third kappa shape index (κ3) is 3.05. The molecule has 1 aromatic rings. The molecule has 2 nitrogen and oxygen atoms in total. The van der Waals surface area contributed by atoms with Gasteiger partial charge in [0.05, 0.1) is 7.11 Å². The van der Waals surface area contributed by atoms with E-state index < -0.39 is 0 Å². The van der Waals surface area contributed by atoms with Gasteiger partial charge < -0.3 is 9.53 Å². The van der Waals surface area contributed by atoms with E-state index in [9.17, 15) is 9.18 Å². The highest BCUT2D eigenvalue weighted by Crippen LogP contribution is 2.19. The maximum absolute atomic E-state index is 13.5. The van der Waals surface area contributed by atoms with Crippen LogP contribution in [0.2, 0.25) is 0 Å². The molecule has 1 rings (SSSR count). The average molecular weight is 210 g/mol. The Kier molecular flexibility index (Phi) is 4.28. The van der Waals surface area contributed by atoms with Crippen LogP contribution in [0.5, 0.6) is 5.75 Å². The lowest BCUT2D eigenvalue weighted by atomic mass is 9.98. The third-order valence-corrected chi connectivity index (χ3v) is 2.46. The molecular weight excluding hydrogens is 195 g/mol. The Balaban J connectivity index is 2.81. The van der Waals surface area contributed by atoms with E-state index >= 15 is 0 Å². The van der Waals surface area contributed by atoms with Crippen molar-refractivity contribution < 1.29 is 13.9 Å². The van der Waals surface area contributed by atoms with E-state index in [1.807, 2.05) is 6.92 Å². The molecule has 15 heavy (non-hydrogen) atoms. The summed E-state index contributed by atoms with van der Waals surface area (Å²) in [4.78, 5) is 10.6. The number of rotatable bonds is 5. The summed E-state index contributed by atoms with van der Waals surface area (Å²) in [6.07, 6.45) is 2.06. The van der Waals surface area contributed by atoms with E-state index in [2.05, 4.69) is 0 Å². The maximum Gasteiger partial charge on any atom is 0.130 e. The normalized spacial score (nSPS) is 12.2. The predicted octanol–water partition coefficient (Wildman–Crippen LogP) is 2.60. The van der Waals surface area contributed by atoms with E-state index in [0.717, 1.165) is 12.7 Å². The van der Waals surface area contributed by atoms with Crippen LogP contribution in [0.4, 0.5) is 4.39 Å². The van der Waals surface area contributed by atoms with Gasteiger partial charge in [-0.3, -0.25) is 0 Å². The van der Waals surface area contributed by atoms with Crippen molar-refractivity contribution in [3.05, 3.63) is 29.6 Å². The summed E-state index contributed by atoms with van der Waals surface area (Å²) < 4.78 is 18.4. The summed E-state index contributed by atoms with van der Waals surface area (Å²) in [7, 11) is 1.49. The van der Waals surface area contributed by atoms with Gasteiger partial charge in [0.2, 0.25) is 0 Å². The van der Waals surface area contributed by atoms with E-state index in [4.69, 9.17) is 4.74 Å². The van der Waals surface area contributed by atoms with Gasteiger partial charge in [-0.15, -0.1) is 0 Å². The van der Waals surface area contributed by atoms with Crippen LogP contribution in [0.15, 0.2) is 18.2 Å². The number of hydrogen-bond donors (Lipinski definition) is 0. The van der Waals surface area contributed by atoms with Crippen molar-refractivity contribution in [3.63, 3.8) is 0 Å². The van der Waals surface area contributed by atoms with Crippen LogP contribution in [0.1, 0.15) is 18.9 Å². The summed E-state index contributed by atoms with van der Waals surface area (Å²) in [6, 6.07) is 4.71. The molecule has 1 atom stereocenters. The number of halogens is 1. The first kappa shape index (κ1) is 11.7. The number of carbonyl (C=O) groups excluding carboxylic acids is 1. The quantitative estimate of drug-likeness (QED) is 0.698. The minimum atomic E-state index is -0.311. The zero-order valence-electron chi connectivity index (χ0n) is 9.00. The van der Waals surface area contributed by atoms with Crippen LogP contribution < -0.4 is 4.74 Å². The lowest BCUT2D eigenvalue weighted by Crippen LogP contribution is -2.06. The molecular formula is C12H15FO2. The molecule has 0 saturated carbocycles. The maximum atomic E-state index is 13.5. The molecule has 82 valence electrons. The summed E-state index contributed by atoms with van der Waals surface area (Å²) >= 11 is 0. The van der Waals surface area contributed by atoms with Crippen molar-refractivity contribution in [1.29, 1.82) is 0 Å². The standard InChI is InChI=1S/C12H15FO2/c1-3-9(8-14)6-10-4-5-11(15-2)7-12(10)13/h4-5,7-9H,3,6H2,1-2H3. The summed E-state index contributed by atoms with van der Waals surface area (Å²) in [5.74, 6) is 0.0814. The van der Waals surface area contributed by atoms with E-state index in [1.54, 1.807) is 12.1 Å². The van der Waals surface area contributed by atoms with Gasteiger partial charge >= 0.3 is 0 Å². The summed E-state index contributed by atoms with van der Waals surface area (Å²) in [5, 5.41) is 0. The number of aldehydes is 1. The van der Waals surface area contributed by atoms with E-state index in [1.165, 1.54) is 13.2 Å². The van der Waals surface area contributed by atoms with Gasteiger partial charge in [0.15, 0.2) is 0 Å². The predicted molar refractivity (Wildman–Crippen MR) is 56.5 cm³/mol. The van der Waals surface area contributed by atoms with Crippen molar-refractivity contribution in [2.24, 2.45) is 5.92 Å². The zero-order valence-corrected chi connectivity index (χ0v) is 9.00. The lowest BCUT2D eigenvalue weighted by molar-refractivity contribution is -0.111. The number of ether oxygens (including phenoxy) is 1. The Labute approximate surface area is 89.1 Å². The Morgan fingerprint density at radius 3 is 2.73 bits per heavy atom. The first-order valence-corrected chi connectivity index (χ1v) is 4.99. The first-order valence-electron chi connectivity index (χ1n) is 4.99. The zero-order chi connectivity index (χ0) is 11.3. The first-order chi connectivity index (χ1) is 7.21. The molecule has 0 aliphatic heterocycles. The number of methoxy groups -OCH3 is 1. The van der Waals surface area contributed by atoms with Gasteiger partial charge in [-0.25, -0.2) is 4.39 Å². The molecule has 0 saturated heterocycles. The second-order valence-electron chi connectivity index (χ2n) is 3.47. The molecule has 0 N–H and O–H groups in total. The number of hydrogen-bond acceptors (Lipinski definition) is 2. The highest BCUT2D eigenvalue weighted by molar-refractivity contribution is 5.54. The van der Waals surface area contributed by atoms with Crippen LogP contribution >= 0.6 is 0 Å². The molecule has 0 heterocycles. The Bertz CT molecular complexity index is 336. The molecule has 3 heteroatoms. The van der Waals surface area contributed by atoms with Gasteiger partial charge in [0.1, 0.15) is 17.9 Å². The lowest BCUT2D eigenvalue weighted by Gasteiger charge is -2.09. The van der Waals surface area contributed by atoms with Gasteiger partial charge in [0, 0.05) is 12.0 Å². The van der Waals surface area contributed by atoms with Crippen LogP contribution in [-0.2, 0) is 11.2 Å². The molecule has 0 amide bonds. The molecule has 0 aromatic heterocycles. The van der Waals surface area contributed by atoms with Crippen LogP contribution in [0.25, 0.3) is 0 Å². The largest absolute Gasteiger partial charge is 0.497 e. The molecule has 0 fully saturated rings. The van der Waals surface area contributed by atoms with Crippen LogP contribution in [-0.4, -0.2) is 13.4 Å². The summed E-state index contributed by atoms with van der Waals surface area (Å²) in [5.41, 5.74) is 0.565. The van der Waals surface area contributed by atoms with Crippen molar-refractivity contribution in [3.8, 4) is 5.75 Å². The molecule has 0 aliphatic carbocycles. The van der Waals surface area contributed by atoms with E-state index in [0.29, 0.717) is 17.7 Å². The monoisotopic (exact) mass is 210 g/mol. The van der Waals surface area contributed by atoms with Gasteiger partial charge in [-0.1, -0.05) is 13.0 Å². The fraction of sp³-hybridized carbons (Fsp3) is 0.417. The molecule has 0 bridgehead atoms. The smallest absolute Gasteiger partial charge is 0.130 e. The van der Waals surface area contributed by atoms with Gasteiger partial charge in [-0.2, -0.15) is 0 Å². The van der Waals surface area contributed by atoms with Crippen molar-refractivity contribution >= 4 is 6.29 Å². The second-order valence-corrected chi connectivity index (χ2v) is 3.47. The van der Waals surface area contributed by atoms with Gasteiger partial charge in [-0.05, 0) is 24.5 Å². The fourth-order valence-electron chi connectivity index (χ4n) is 1.39. The minimum absolute atomic E-state index is 0.104. The average Bonchev–Trinajstić information content (AvgIpc) is 2.27. The second kappa shape index (κ2) is 5.49. The molecule has 1 aromatic carbocycles. The van der Waals surface area contributed by atoms with Crippen molar-refractivity contribution in [2.75, 3.05) is 7.11 Å². The third-order valence-electron chi connectivity index (χ3n) is 2.46. The fourth-order valence-corrected chi connectivity index (χ4v) is 1.39. The molecule has 0 spiro atoms. The molecule has 1 unspecified atom stereocenters. The Hall–Kier alpha value is -1.38. The molecule has 0 radical (unpaired) electrons. The van der Waals surface area contributed by atoms with Crippen molar-refractivity contribution in [2.45, 2.75) is 19.8 Å². The Morgan fingerprint density at radius 2 is 2.27 bits per heavy atom. The Morgan fingerprint density at radius 1 is 1.53 bits per heavy atom. The SMILES string of the molecule is CCC(C=O)Cc1ccc(OC)cc1F. The number of benzene rings is 1. The van der Waals surface area contributed by atoms with E-state index in [-0.39, 0.29) is 11.7 Å². The number of carbonyl (C=O) groups is 1. The van der Waals surface area contributed by atoms with Gasteiger partial charge in [0.25, 0.3) is 0 Å². The summed E-state index contributed by atoms with van der Waals surface area (Å²) in [6.45, 7) is 1.92. The minimum Gasteiger partial charge on any atom is -0.497 e. The van der Waals surface area contributed by atoms with Crippen LogP contribution in [0, 0.1) is 11.7 Å².